The van der Waals surface area contributed by atoms with E-state index in [9.17, 15) is 13.6 Å². The number of primary amides is 1. The van der Waals surface area contributed by atoms with Crippen LogP contribution in [0.4, 0.5) is 5.69 Å². The van der Waals surface area contributed by atoms with Crippen molar-refractivity contribution in [3.05, 3.63) is 28.2 Å². The molecule has 7 heteroatoms. The van der Waals surface area contributed by atoms with E-state index in [4.69, 9.17) is 5.73 Å². The largest absolute Gasteiger partial charge is 0.755 e. The lowest BCUT2D eigenvalue weighted by Crippen LogP contribution is -2.15. The highest BCUT2D eigenvalue weighted by atomic mass is 79.9. The Morgan fingerprint density at radius 2 is 2.21 bits per heavy atom. The maximum Gasteiger partial charge on any atom is 0.250 e. The molecule has 0 spiro atoms. The zero-order chi connectivity index (χ0) is 10.7. The van der Waals surface area contributed by atoms with Crippen LogP contribution in [-0.2, 0) is 11.3 Å². The van der Waals surface area contributed by atoms with Crippen molar-refractivity contribution in [2.75, 3.05) is 4.72 Å². The van der Waals surface area contributed by atoms with Gasteiger partial charge in [0.1, 0.15) is 0 Å². The molecule has 0 heterocycles. The summed E-state index contributed by atoms with van der Waals surface area (Å²) in [5.74, 6) is -0.695. The summed E-state index contributed by atoms with van der Waals surface area (Å²) >= 11 is 0.668. The van der Waals surface area contributed by atoms with E-state index in [2.05, 4.69) is 20.7 Å². The minimum Gasteiger partial charge on any atom is -0.755 e. The molecule has 1 aromatic carbocycles. The highest BCUT2D eigenvalue weighted by Crippen LogP contribution is 2.20. The first kappa shape index (κ1) is 11.2. The van der Waals surface area contributed by atoms with Crippen molar-refractivity contribution in [3.63, 3.8) is 0 Å². The molecule has 1 rings (SSSR count). The van der Waals surface area contributed by atoms with Crippen molar-refractivity contribution in [3.8, 4) is 0 Å². The average molecular weight is 278 g/mol. The summed E-state index contributed by atoms with van der Waals surface area (Å²) in [6, 6.07) is 4.49. The Balaban J connectivity index is 3.14. The summed E-state index contributed by atoms with van der Waals surface area (Å²) in [7, 11) is 0. The van der Waals surface area contributed by atoms with E-state index < -0.39 is 17.2 Å². The van der Waals surface area contributed by atoms with E-state index in [1.807, 2.05) is 0 Å². The molecule has 0 aliphatic carbocycles. The van der Waals surface area contributed by atoms with E-state index in [-0.39, 0.29) is 11.3 Å². The van der Waals surface area contributed by atoms with Gasteiger partial charge in [-0.1, -0.05) is 15.9 Å². The highest BCUT2D eigenvalue weighted by molar-refractivity contribution is 9.10. The van der Waals surface area contributed by atoms with Gasteiger partial charge in [0.15, 0.2) is 0 Å². The van der Waals surface area contributed by atoms with Crippen LogP contribution in [0.3, 0.4) is 0 Å². The standard InChI is InChI=1S/C7H7BrN2O3S/c8-4-1-2-6(10-14(12)13)5(3-4)7(9)11/h1-3,10H,(H2,9,11)(H,12,13)/p-1. The van der Waals surface area contributed by atoms with Gasteiger partial charge in [0.05, 0.1) is 11.3 Å². The molecular formula is C7H6BrN2O3S-. The van der Waals surface area contributed by atoms with Crippen molar-refractivity contribution in [1.29, 1.82) is 0 Å². The number of benzene rings is 1. The van der Waals surface area contributed by atoms with Gasteiger partial charge in [-0.2, -0.15) is 0 Å². The first-order valence-corrected chi connectivity index (χ1v) is 5.33. The Hall–Kier alpha value is -0.920. The van der Waals surface area contributed by atoms with Crippen LogP contribution in [0.25, 0.3) is 0 Å². The minimum atomic E-state index is -2.47. The Morgan fingerprint density at radius 3 is 2.71 bits per heavy atom. The first-order chi connectivity index (χ1) is 6.50. The van der Waals surface area contributed by atoms with Crippen LogP contribution in [0.5, 0.6) is 0 Å². The molecule has 0 aromatic heterocycles. The van der Waals surface area contributed by atoms with Crippen LogP contribution >= 0.6 is 15.9 Å². The molecule has 1 aromatic rings. The van der Waals surface area contributed by atoms with Crippen molar-refractivity contribution in [1.82, 2.24) is 0 Å². The monoisotopic (exact) mass is 277 g/mol. The number of halogens is 1. The predicted octanol–water partition coefficient (Wildman–Crippen LogP) is 0.754. The van der Waals surface area contributed by atoms with E-state index in [0.717, 1.165) is 0 Å². The number of carbonyl (C=O) groups excluding carboxylic acids is 1. The van der Waals surface area contributed by atoms with Crippen molar-refractivity contribution >= 4 is 38.8 Å². The molecule has 1 amide bonds. The van der Waals surface area contributed by atoms with Crippen LogP contribution < -0.4 is 10.5 Å². The number of nitrogens with two attached hydrogens (primary N) is 1. The van der Waals surface area contributed by atoms with Crippen LogP contribution in [0.15, 0.2) is 22.7 Å². The molecule has 5 nitrogen and oxygen atoms in total. The number of hydrogen-bond acceptors (Lipinski definition) is 3. The minimum absolute atomic E-state index is 0.114. The first-order valence-electron chi connectivity index (χ1n) is 3.46. The normalized spacial score (nSPS) is 12.1. The second-order valence-electron chi connectivity index (χ2n) is 2.39. The third-order valence-electron chi connectivity index (χ3n) is 1.44. The molecule has 1 atom stereocenters. The third-order valence-corrected chi connectivity index (χ3v) is 2.32. The molecular weight excluding hydrogens is 272 g/mol. The lowest BCUT2D eigenvalue weighted by molar-refractivity contribution is 0.100. The van der Waals surface area contributed by atoms with Gasteiger partial charge < -0.3 is 15.0 Å². The predicted molar refractivity (Wildman–Crippen MR) is 55.2 cm³/mol. The Labute approximate surface area is 91.2 Å². The lowest BCUT2D eigenvalue weighted by atomic mass is 10.2. The summed E-state index contributed by atoms with van der Waals surface area (Å²) in [5, 5.41) is 0. The van der Waals surface area contributed by atoms with Gasteiger partial charge in [-0.3, -0.25) is 9.00 Å². The van der Waals surface area contributed by atoms with Crippen LogP contribution in [0.1, 0.15) is 10.4 Å². The fraction of sp³-hybridized carbons (Fsp3) is 0. The molecule has 0 aliphatic rings. The van der Waals surface area contributed by atoms with Gasteiger partial charge in [0.2, 0.25) is 0 Å². The smallest absolute Gasteiger partial charge is 0.250 e. The number of anilines is 1. The van der Waals surface area contributed by atoms with Crippen molar-refractivity contribution < 1.29 is 13.6 Å². The summed E-state index contributed by atoms with van der Waals surface area (Å²) in [6.07, 6.45) is 0. The average Bonchev–Trinajstić information content (AvgIpc) is 2.07. The summed E-state index contributed by atoms with van der Waals surface area (Å²) in [6.45, 7) is 0. The summed E-state index contributed by atoms with van der Waals surface area (Å²) in [4.78, 5) is 10.9. The molecule has 0 bridgehead atoms. The molecule has 0 saturated carbocycles. The van der Waals surface area contributed by atoms with Gasteiger partial charge in [-0.05, 0) is 18.2 Å². The second kappa shape index (κ2) is 4.54. The fourth-order valence-corrected chi connectivity index (χ4v) is 1.62. The molecule has 0 radical (unpaired) electrons. The SMILES string of the molecule is NC(=O)c1cc(Br)ccc1NS(=O)[O-]. The molecule has 14 heavy (non-hydrogen) atoms. The quantitative estimate of drug-likeness (QED) is 0.799. The Morgan fingerprint density at radius 1 is 1.57 bits per heavy atom. The third kappa shape index (κ3) is 2.79. The number of nitrogens with one attached hydrogen (secondary N) is 1. The van der Waals surface area contributed by atoms with Crippen LogP contribution in [-0.4, -0.2) is 14.7 Å². The van der Waals surface area contributed by atoms with Gasteiger partial charge in [0.25, 0.3) is 5.91 Å². The molecule has 0 fully saturated rings. The highest BCUT2D eigenvalue weighted by Gasteiger charge is 2.08. The van der Waals surface area contributed by atoms with E-state index in [0.29, 0.717) is 4.47 Å². The maximum absolute atomic E-state index is 10.9. The second-order valence-corrected chi connectivity index (χ2v) is 3.98. The summed E-state index contributed by atoms with van der Waals surface area (Å²) < 4.78 is 23.4. The van der Waals surface area contributed by atoms with Gasteiger partial charge in [-0.25, -0.2) is 0 Å². The zero-order valence-electron chi connectivity index (χ0n) is 6.82. The molecule has 0 saturated heterocycles. The molecule has 1 unspecified atom stereocenters. The van der Waals surface area contributed by atoms with Gasteiger partial charge in [-0.15, -0.1) is 0 Å². The molecule has 0 aliphatic heterocycles. The Kier molecular flexibility index (Phi) is 3.62. The van der Waals surface area contributed by atoms with Gasteiger partial charge >= 0.3 is 0 Å². The van der Waals surface area contributed by atoms with Crippen molar-refractivity contribution in [2.45, 2.75) is 0 Å². The van der Waals surface area contributed by atoms with Gasteiger partial charge in [0, 0.05) is 15.7 Å². The zero-order valence-corrected chi connectivity index (χ0v) is 9.22. The van der Waals surface area contributed by atoms with Crippen molar-refractivity contribution in [2.24, 2.45) is 5.73 Å². The van der Waals surface area contributed by atoms with Crippen LogP contribution in [0.2, 0.25) is 0 Å². The maximum atomic E-state index is 10.9. The molecule has 76 valence electrons. The van der Waals surface area contributed by atoms with E-state index in [1.54, 1.807) is 6.07 Å². The topological polar surface area (TPSA) is 95.2 Å². The van der Waals surface area contributed by atoms with Crippen LogP contribution in [0, 0.1) is 0 Å². The lowest BCUT2D eigenvalue weighted by Gasteiger charge is -2.11. The number of amides is 1. The Bertz CT molecular complexity index is 397. The molecule has 3 N–H and O–H groups in total. The van der Waals surface area contributed by atoms with E-state index >= 15 is 0 Å². The number of rotatable bonds is 3. The van der Waals surface area contributed by atoms with E-state index in [1.165, 1.54) is 12.1 Å². The number of carbonyl (C=O) groups is 1. The summed E-state index contributed by atoms with van der Waals surface area (Å²) in [5.41, 5.74) is 5.33. The fourth-order valence-electron chi connectivity index (χ4n) is 0.899. The number of hydrogen-bond donors (Lipinski definition) is 2.